The van der Waals surface area contributed by atoms with Crippen molar-refractivity contribution in [3.63, 3.8) is 0 Å². The Hall–Kier alpha value is -6.58. The molecule has 3 aliphatic heterocycles. The molecule has 104 heavy (non-hydrogen) atoms. The molecule has 12 amide bonds. The van der Waals surface area contributed by atoms with Crippen LogP contribution in [0.5, 0.6) is 0 Å². The van der Waals surface area contributed by atoms with Gasteiger partial charge in [-0.1, -0.05) is 78.9 Å². The van der Waals surface area contributed by atoms with Crippen LogP contribution in [0, 0.1) is 41.4 Å². The Morgan fingerprint density at radius 3 is 1.88 bits per heavy atom. The normalized spacial score (nSPS) is 32.6. The molecule has 0 aromatic carbocycles. The van der Waals surface area contributed by atoms with E-state index < -0.39 is 180 Å². The first-order valence-corrected chi connectivity index (χ1v) is 38.7. The first-order chi connectivity index (χ1) is 49.0. The third-order valence-electron chi connectivity index (χ3n) is 24.1. The molecule has 3 heterocycles. The van der Waals surface area contributed by atoms with Gasteiger partial charge >= 0.3 is 6.18 Å². The van der Waals surface area contributed by atoms with Crippen molar-refractivity contribution in [2.45, 2.75) is 261 Å². The Bertz CT molecular complexity index is 3080. The van der Waals surface area contributed by atoms with Gasteiger partial charge in [-0.3, -0.25) is 57.5 Å². The van der Waals surface area contributed by atoms with Gasteiger partial charge in [-0.15, -0.1) is 11.6 Å². The SMILES string of the molecule is CCO[C@@H]1C[C@H]2C(=O)NC3(CCCC3)C(=O)N(C)[C@@H](C3CCCC3)C(=O)N(C)[C@H](C(=O)N(C)C)CC(=O)N(C)[C@@H](CC)C(=O)N[C@@H]([C@@H](C)CC)C(=O)N(C)CC(=O)N(C)[C@H]3C/C=C\CCN(C3=O)[C@@H](CC3CCC(C(F)(F)F)CC3)C(=O)N(C)CC(=O)N[C@@H](CCC3CC(C)C(Cl)C(C)C3)C(=O)N2C1. The van der Waals surface area contributed by atoms with E-state index in [4.69, 9.17) is 16.3 Å². The predicted octanol–water partition coefficient (Wildman–Crippen LogP) is 6.13. The molecule has 4 aliphatic carbocycles. The topological polar surface area (TPSA) is 279 Å². The second-order valence-electron chi connectivity index (χ2n) is 31.6. The van der Waals surface area contributed by atoms with Gasteiger partial charge in [0.25, 0.3) is 0 Å². The fourth-order valence-corrected chi connectivity index (χ4v) is 17.7. The molecule has 0 radical (unpaired) electrons. The third kappa shape index (κ3) is 20.4. The molecule has 0 aromatic heterocycles. The van der Waals surface area contributed by atoms with Crippen LogP contribution in [0.3, 0.4) is 0 Å². The Morgan fingerprint density at radius 2 is 1.30 bits per heavy atom. The largest absolute Gasteiger partial charge is 0.391 e. The van der Waals surface area contributed by atoms with E-state index in [1.54, 1.807) is 32.9 Å². The van der Waals surface area contributed by atoms with Gasteiger partial charge in [0.2, 0.25) is 70.9 Å². The number of fused-ring (bicyclic) bond motifs is 3. The number of nitrogens with one attached hydrogen (secondary N) is 3. The van der Waals surface area contributed by atoms with Crippen molar-refractivity contribution < 1.29 is 75.4 Å². The minimum absolute atomic E-state index is 0.0232. The molecule has 586 valence electrons. The minimum atomic E-state index is -4.43. The van der Waals surface area contributed by atoms with Gasteiger partial charge in [0, 0.05) is 87.9 Å². The Balaban J connectivity index is 1.32. The van der Waals surface area contributed by atoms with E-state index in [1.165, 1.54) is 90.7 Å². The summed E-state index contributed by atoms with van der Waals surface area (Å²) in [5, 5.41) is 8.85. The maximum absolute atomic E-state index is 15.7. The molecule has 7 rings (SSSR count). The zero-order valence-electron chi connectivity index (χ0n) is 64.1. The van der Waals surface area contributed by atoms with Crippen molar-refractivity contribution in [2.24, 2.45) is 41.4 Å². The van der Waals surface area contributed by atoms with Gasteiger partial charge in [0.1, 0.15) is 53.9 Å². The van der Waals surface area contributed by atoms with E-state index in [0.717, 1.165) is 35.5 Å². The van der Waals surface area contributed by atoms with Crippen LogP contribution < -0.4 is 16.0 Å². The number of alkyl halides is 4. The molecule has 6 fully saturated rings. The molecule has 25 nitrogen and oxygen atoms in total. The van der Waals surface area contributed by atoms with Crippen molar-refractivity contribution in [1.82, 2.24) is 60.0 Å². The second kappa shape index (κ2) is 37.3. The van der Waals surface area contributed by atoms with Crippen LogP contribution in [0.25, 0.3) is 0 Å². The lowest BCUT2D eigenvalue weighted by atomic mass is 9.74. The summed E-state index contributed by atoms with van der Waals surface area (Å²) in [6.45, 7) is 10.0. The minimum Gasteiger partial charge on any atom is -0.377 e. The lowest BCUT2D eigenvalue weighted by molar-refractivity contribution is -0.184. The van der Waals surface area contributed by atoms with Crippen LogP contribution in [-0.4, -0.2) is 276 Å². The van der Waals surface area contributed by atoms with Crippen molar-refractivity contribution in [1.29, 1.82) is 0 Å². The number of likely N-dealkylation sites (N-methyl/N-ethyl adjacent to an activating group) is 7. The lowest BCUT2D eigenvalue weighted by Crippen LogP contribution is -2.65. The van der Waals surface area contributed by atoms with Crippen LogP contribution in [0.15, 0.2) is 12.2 Å². The Kier molecular flexibility index (Phi) is 30.4. The number of rotatable bonds is 12. The van der Waals surface area contributed by atoms with E-state index in [-0.39, 0.29) is 120 Å². The number of nitrogens with zero attached hydrogens (tertiary/aromatic N) is 9. The standard InChI is InChI=1S/C75H120ClF3N12O13/c1-15-45(4)63-71(101)85(10)44-61(94)87(12)55-27-19-18-24-36-90(70(55)100)58(39-48-28-31-51(32-29-48)75(77,78)79)69(99)84(9)43-59(92)80-53(33-30-49-37-46(5)62(76)47(6)38-49)67(97)91-42-52(104-17-3)40-56(91)66(96)82-74(34-22-23-35-74)73(103)89(14)64(50-25-20-21-26-50)72(102)88(13)57(68(98)83(7)8)41-60(93)86(11)54(16-2)65(95)81-63/h18-19,45-58,62-64H,15-17,20-44H2,1-14H3,(H,80,92)(H,81,95)(H,82,96)/b19-18-/t45-,46?,47?,48?,49?,51?,52+,53-,54-,55-,56-,57-,58-,62?,63-,64-/m0/s1. The van der Waals surface area contributed by atoms with Gasteiger partial charge in [-0.2, -0.15) is 13.2 Å². The summed E-state index contributed by atoms with van der Waals surface area (Å²) in [5.41, 5.74) is -1.57. The number of hydrogen-bond donors (Lipinski definition) is 3. The van der Waals surface area contributed by atoms with Crippen LogP contribution in [-0.2, 0) is 62.3 Å². The number of carbonyl (C=O) groups is 12. The van der Waals surface area contributed by atoms with Crippen molar-refractivity contribution in [3.8, 4) is 0 Å². The van der Waals surface area contributed by atoms with E-state index in [9.17, 15) is 41.9 Å². The number of ether oxygens (including phenoxy) is 1. The van der Waals surface area contributed by atoms with Gasteiger partial charge in [0.15, 0.2) is 0 Å². The van der Waals surface area contributed by atoms with Gasteiger partial charge in [0.05, 0.1) is 31.5 Å². The van der Waals surface area contributed by atoms with Crippen molar-refractivity contribution in [2.75, 3.05) is 89.2 Å². The molecule has 1 spiro atoms. The number of halogens is 4. The van der Waals surface area contributed by atoms with E-state index >= 15 is 28.8 Å². The monoisotopic (exact) mass is 1490 g/mol. The fourth-order valence-electron chi connectivity index (χ4n) is 17.5. The number of carbonyl (C=O) groups excluding carboxylic acids is 12. The highest BCUT2D eigenvalue weighted by molar-refractivity contribution is 6.21. The lowest BCUT2D eigenvalue weighted by Gasteiger charge is -2.42. The summed E-state index contributed by atoms with van der Waals surface area (Å²) >= 11 is 6.84. The zero-order valence-corrected chi connectivity index (χ0v) is 64.9. The molecule has 2 bridgehead atoms. The number of hydrogen-bond acceptors (Lipinski definition) is 13. The maximum Gasteiger partial charge on any atom is 0.391 e. The Labute approximate surface area is 618 Å². The van der Waals surface area contributed by atoms with Crippen molar-refractivity contribution in [3.05, 3.63) is 12.2 Å². The summed E-state index contributed by atoms with van der Waals surface area (Å²) in [6.07, 6.45) is 4.32. The first-order valence-electron chi connectivity index (χ1n) is 38.3. The first kappa shape index (κ1) is 84.7. The molecule has 4 saturated carbocycles. The highest BCUT2D eigenvalue weighted by atomic mass is 35.5. The zero-order chi connectivity index (χ0) is 77.0. The molecular formula is C75H120ClF3N12O13. The summed E-state index contributed by atoms with van der Waals surface area (Å²) in [6, 6.07) is -10.2. The van der Waals surface area contributed by atoms with Crippen LogP contribution in [0.1, 0.15) is 189 Å². The summed E-state index contributed by atoms with van der Waals surface area (Å²) in [7, 11) is 11.4. The molecule has 0 aromatic rings. The number of amides is 12. The summed E-state index contributed by atoms with van der Waals surface area (Å²) in [4.78, 5) is 192. The molecule has 2 saturated heterocycles. The molecular weight excluding hydrogens is 1370 g/mol. The molecule has 3 N–H and O–H groups in total. The molecule has 2 unspecified atom stereocenters. The van der Waals surface area contributed by atoms with Crippen LogP contribution in [0.4, 0.5) is 13.2 Å². The second-order valence-corrected chi connectivity index (χ2v) is 32.1. The van der Waals surface area contributed by atoms with Gasteiger partial charge < -0.3 is 64.8 Å². The average molecular weight is 1490 g/mol. The van der Waals surface area contributed by atoms with E-state index in [1.807, 2.05) is 6.92 Å². The molecule has 29 heteroatoms. The third-order valence-corrected chi connectivity index (χ3v) is 24.9. The summed E-state index contributed by atoms with van der Waals surface area (Å²) in [5.74, 6) is -10.5. The van der Waals surface area contributed by atoms with Crippen LogP contribution in [0.2, 0.25) is 0 Å². The predicted molar refractivity (Wildman–Crippen MR) is 385 cm³/mol. The molecule has 7 aliphatic rings. The Morgan fingerprint density at radius 1 is 0.673 bits per heavy atom. The summed E-state index contributed by atoms with van der Waals surface area (Å²) < 4.78 is 48.6. The quantitative estimate of drug-likeness (QED) is 0.147. The van der Waals surface area contributed by atoms with E-state index in [2.05, 4.69) is 29.8 Å². The van der Waals surface area contributed by atoms with Crippen molar-refractivity contribution >= 4 is 82.5 Å². The molecule has 12 atom stereocenters. The fraction of sp³-hybridized carbons (Fsp3) is 0.813. The average Bonchev–Trinajstić information content (AvgIpc) is 1.55. The van der Waals surface area contributed by atoms with Gasteiger partial charge in [-0.05, 0) is 145 Å². The smallest absolute Gasteiger partial charge is 0.377 e. The van der Waals surface area contributed by atoms with E-state index in [0.29, 0.717) is 38.5 Å². The van der Waals surface area contributed by atoms with Crippen LogP contribution >= 0.6 is 11.6 Å². The maximum atomic E-state index is 15.7. The highest BCUT2D eigenvalue weighted by Gasteiger charge is 2.53. The van der Waals surface area contributed by atoms with Gasteiger partial charge in [-0.25, -0.2) is 0 Å². The highest BCUT2D eigenvalue weighted by Crippen LogP contribution is 2.43.